The summed E-state index contributed by atoms with van der Waals surface area (Å²) in [4.78, 5) is 2.26. The normalized spacial score (nSPS) is 26.3. The molecule has 3 unspecified atom stereocenters. The number of anilines is 2. The average Bonchev–Trinajstić information content (AvgIpc) is 2.75. The second-order valence-electron chi connectivity index (χ2n) is 4.55. The Kier molecular flexibility index (Phi) is 7.25. The van der Waals surface area contributed by atoms with Crippen molar-refractivity contribution in [2.75, 3.05) is 36.9 Å². The SMILES string of the molecule is Nc1c[c-]c(N2CC3OCCN(P)C3C2)[c-]c1.[U].[V]. The van der Waals surface area contributed by atoms with Crippen molar-refractivity contribution < 1.29 is 54.4 Å². The number of nitrogens with two attached hydrogens (primary N) is 1. The minimum absolute atomic E-state index is 0. The van der Waals surface area contributed by atoms with E-state index in [0.717, 1.165) is 31.9 Å². The molecule has 4 nitrogen and oxygen atoms in total. The first-order chi connectivity index (χ1) is 8.24. The molecule has 2 heterocycles. The molecular weight excluding hydrogens is 522 g/mol. The quantitative estimate of drug-likeness (QED) is 0.323. The molecule has 3 atom stereocenters. The third-order valence-electron chi connectivity index (χ3n) is 3.41. The maximum atomic E-state index is 5.80. The summed E-state index contributed by atoms with van der Waals surface area (Å²) in [6.07, 6.45) is 0.292. The van der Waals surface area contributed by atoms with Crippen LogP contribution in [0.4, 0.5) is 11.4 Å². The molecule has 101 valence electrons. The molecule has 0 spiro atoms. The standard InChI is InChI=1S/C12H16N3OP.U.V/c13-9-1-3-10(4-2-9)14-7-11-12(8-14)16-6-5-15(11)17;;/h1-2,11-12H,5-8,13,17H2;;/q-2;;. The van der Waals surface area contributed by atoms with Gasteiger partial charge in [-0.1, -0.05) is 9.39 Å². The Morgan fingerprint density at radius 1 is 1.32 bits per heavy atom. The number of nitrogen functional groups attached to an aromatic ring is 1. The molecule has 7 heteroatoms. The zero-order chi connectivity index (χ0) is 11.8. The monoisotopic (exact) mass is 538 g/mol. The Morgan fingerprint density at radius 2 is 2.00 bits per heavy atom. The second kappa shape index (κ2) is 7.71. The number of morpholine rings is 1. The van der Waals surface area contributed by atoms with E-state index in [1.807, 2.05) is 0 Å². The van der Waals surface area contributed by atoms with Crippen LogP contribution in [0.3, 0.4) is 0 Å². The topological polar surface area (TPSA) is 41.7 Å². The third-order valence-corrected chi connectivity index (χ3v) is 4.05. The molecule has 2 fully saturated rings. The first-order valence-corrected chi connectivity index (χ1v) is 6.32. The molecule has 1 aromatic rings. The predicted octanol–water partition coefficient (Wildman–Crippen LogP) is 0.546. The Labute approximate surface area is 152 Å². The summed E-state index contributed by atoms with van der Waals surface area (Å²) in [7, 11) is 2.80. The van der Waals surface area contributed by atoms with Gasteiger partial charge in [0.05, 0.1) is 18.8 Å². The second-order valence-corrected chi connectivity index (χ2v) is 5.21. The summed E-state index contributed by atoms with van der Waals surface area (Å²) >= 11 is 0. The van der Waals surface area contributed by atoms with Gasteiger partial charge in [-0.05, 0) is 0 Å². The van der Waals surface area contributed by atoms with Crippen LogP contribution in [0.15, 0.2) is 12.1 Å². The van der Waals surface area contributed by atoms with Crippen LogP contribution in [-0.2, 0) is 23.3 Å². The van der Waals surface area contributed by atoms with Crippen molar-refractivity contribution in [1.29, 1.82) is 0 Å². The van der Waals surface area contributed by atoms with Gasteiger partial charge in [0.2, 0.25) is 0 Å². The van der Waals surface area contributed by atoms with Gasteiger partial charge < -0.3 is 27.5 Å². The summed E-state index contributed by atoms with van der Waals surface area (Å²) in [5.41, 5.74) is 7.33. The molecule has 0 aliphatic carbocycles. The van der Waals surface area contributed by atoms with Gasteiger partial charge in [0.15, 0.2) is 0 Å². The molecule has 2 saturated heterocycles. The van der Waals surface area contributed by atoms with Crippen LogP contribution in [0.5, 0.6) is 0 Å². The molecule has 0 saturated carbocycles. The van der Waals surface area contributed by atoms with E-state index in [2.05, 4.69) is 31.1 Å². The van der Waals surface area contributed by atoms with Crippen molar-refractivity contribution in [2.45, 2.75) is 12.1 Å². The Hall–Kier alpha value is 0.806. The maximum absolute atomic E-state index is 5.80. The molecule has 2 aliphatic rings. The van der Waals surface area contributed by atoms with Crippen LogP contribution in [0.2, 0.25) is 0 Å². The van der Waals surface area contributed by atoms with Crippen molar-refractivity contribution in [1.82, 2.24) is 4.67 Å². The van der Waals surface area contributed by atoms with E-state index >= 15 is 0 Å². The predicted molar refractivity (Wildman–Crippen MR) is 70.7 cm³/mol. The Morgan fingerprint density at radius 3 is 2.63 bits per heavy atom. The first kappa shape index (κ1) is 17.9. The summed E-state index contributed by atoms with van der Waals surface area (Å²) in [6.45, 7) is 3.67. The van der Waals surface area contributed by atoms with Gasteiger partial charge in [-0.25, -0.2) is 5.69 Å². The largest absolute Gasteiger partial charge is 0.503 e. The Balaban J connectivity index is 0.000000902. The molecule has 3 rings (SSSR count). The van der Waals surface area contributed by atoms with Gasteiger partial charge in [0, 0.05) is 69.3 Å². The Bertz CT molecular complexity index is 408. The molecule has 1 aromatic carbocycles. The number of hydrogen-bond acceptors (Lipinski definition) is 4. The van der Waals surface area contributed by atoms with Gasteiger partial charge in [-0.15, -0.1) is 0 Å². The van der Waals surface area contributed by atoms with Gasteiger partial charge in [-0.3, -0.25) is 16.8 Å². The van der Waals surface area contributed by atoms with Gasteiger partial charge in [-0.2, -0.15) is 5.69 Å². The smallest absolute Gasteiger partial charge is 0.0923 e. The minimum Gasteiger partial charge on any atom is -0.503 e. The van der Waals surface area contributed by atoms with E-state index in [-0.39, 0.29) is 49.7 Å². The molecule has 1 radical (unpaired) electrons. The minimum atomic E-state index is 0. The molecule has 2 N–H and O–H groups in total. The zero-order valence-electron chi connectivity index (χ0n) is 10.5. The van der Waals surface area contributed by atoms with E-state index in [9.17, 15) is 0 Å². The van der Waals surface area contributed by atoms with E-state index in [0.29, 0.717) is 17.8 Å². The summed E-state index contributed by atoms with van der Waals surface area (Å²) in [5.74, 6) is 0. The van der Waals surface area contributed by atoms with Crippen LogP contribution < -0.4 is 10.6 Å². The van der Waals surface area contributed by atoms with E-state index < -0.39 is 0 Å². The number of ether oxygens (including phenoxy) is 1. The average molecular weight is 538 g/mol. The van der Waals surface area contributed by atoms with E-state index in [4.69, 9.17) is 10.5 Å². The van der Waals surface area contributed by atoms with E-state index in [1.54, 1.807) is 12.1 Å². The van der Waals surface area contributed by atoms with Crippen molar-refractivity contribution in [3.8, 4) is 0 Å². The first-order valence-electron chi connectivity index (χ1n) is 5.81. The fourth-order valence-electron chi connectivity index (χ4n) is 2.47. The number of nitrogens with zero attached hydrogens (tertiary/aromatic N) is 2. The zero-order valence-corrected chi connectivity index (χ0v) is 17.3. The van der Waals surface area contributed by atoms with Crippen LogP contribution >= 0.6 is 9.39 Å². The molecule has 0 amide bonds. The molecular formula is C12H16N3OPUV-2. The van der Waals surface area contributed by atoms with Crippen molar-refractivity contribution in [3.05, 3.63) is 24.3 Å². The third kappa shape index (κ3) is 3.92. The number of fused-ring (bicyclic) bond motifs is 1. The summed E-state index contributed by atoms with van der Waals surface area (Å²) < 4.78 is 8.10. The molecule has 0 bridgehead atoms. The van der Waals surface area contributed by atoms with Crippen molar-refractivity contribution >= 4 is 20.8 Å². The van der Waals surface area contributed by atoms with Crippen molar-refractivity contribution in [3.63, 3.8) is 0 Å². The number of benzene rings is 1. The van der Waals surface area contributed by atoms with Crippen LogP contribution in [-0.4, -0.2) is 43.1 Å². The fraction of sp³-hybridized carbons (Fsp3) is 0.500. The molecule has 2 aliphatic heterocycles. The fourth-order valence-corrected chi connectivity index (χ4v) is 2.86. The van der Waals surface area contributed by atoms with Crippen molar-refractivity contribution in [2.24, 2.45) is 0 Å². The van der Waals surface area contributed by atoms with Gasteiger partial charge in [0.25, 0.3) is 0 Å². The summed E-state index contributed by atoms with van der Waals surface area (Å²) in [6, 6.07) is 10.4. The number of rotatable bonds is 1. The maximum Gasteiger partial charge on any atom is 0.0923 e. The van der Waals surface area contributed by atoms with Crippen LogP contribution in [0.25, 0.3) is 0 Å². The van der Waals surface area contributed by atoms with E-state index in [1.165, 1.54) is 0 Å². The van der Waals surface area contributed by atoms with Crippen LogP contribution in [0, 0.1) is 43.2 Å². The number of hydrogen-bond donors (Lipinski definition) is 1. The summed E-state index contributed by atoms with van der Waals surface area (Å²) in [5, 5.41) is 0. The molecule has 19 heavy (non-hydrogen) atoms. The van der Waals surface area contributed by atoms with Gasteiger partial charge >= 0.3 is 0 Å². The van der Waals surface area contributed by atoms with Crippen LogP contribution in [0.1, 0.15) is 0 Å². The molecule has 0 aromatic heterocycles. The van der Waals surface area contributed by atoms with Gasteiger partial charge in [0.1, 0.15) is 0 Å².